The summed E-state index contributed by atoms with van der Waals surface area (Å²) in [4.78, 5) is 0. The van der Waals surface area contributed by atoms with Crippen LogP contribution >= 0.6 is 27.5 Å². The van der Waals surface area contributed by atoms with Crippen LogP contribution in [0.3, 0.4) is 0 Å². The van der Waals surface area contributed by atoms with Crippen molar-refractivity contribution in [3.8, 4) is 0 Å². The summed E-state index contributed by atoms with van der Waals surface area (Å²) in [6, 6.07) is 16.1. The monoisotopic (exact) mass is 334 g/mol. The fraction of sp³-hybridized carbons (Fsp3) is 0.125. The van der Waals surface area contributed by atoms with E-state index in [4.69, 9.17) is 11.6 Å². The van der Waals surface area contributed by atoms with Gasteiger partial charge in [0.05, 0.1) is 6.10 Å². The van der Waals surface area contributed by atoms with E-state index in [1.54, 1.807) is 0 Å². The second kappa shape index (κ2) is 5.12. The molecule has 0 aliphatic heterocycles. The average Bonchev–Trinajstić information content (AvgIpc) is 2.45. The van der Waals surface area contributed by atoms with E-state index in [0.717, 1.165) is 21.7 Å². The summed E-state index contributed by atoms with van der Waals surface area (Å²) in [7, 11) is 0. The number of halogens is 2. The first-order chi connectivity index (χ1) is 9.20. The van der Waals surface area contributed by atoms with E-state index in [1.807, 2.05) is 36.4 Å². The summed E-state index contributed by atoms with van der Waals surface area (Å²) in [6.07, 6.45) is -0.537. The quantitative estimate of drug-likeness (QED) is 0.512. The third-order valence-electron chi connectivity index (χ3n) is 3.36. The molecule has 3 aromatic rings. The third kappa shape index (κ3) is 2.25. The maximum Gasteiger partial charge on any atom is 0.0893 e. The smallest absolute Gasteiger partial charge is 0.0893 e. The van der Waals surface area contributed by atoms with E-state index in [0.29, 0.717) is 10.4 Å². The average molecular weight is 336 g/mol. The Morgan fingerprint density at radius 1 is 1.00 bits per heavy atom. The first kappa shape index (κ1) is 12.9. The summed E-state index contributed by atoms with van der Waals surface area (Å²) >= 11 is 9.43. The first-order valence-electron chi connectivity index (χ1n) is 6.05. The fourth-order valence-corrected chi connectivity index (χ4v) is 2.98. The topological polar surface area (TPSA) is 20.2 Å². The second-order valence-electron chi connectivity index (χ2n) is 4.55. The molecule has 3 heteroatoms. The van der Waals surface area contributed by atoms with Crippen LogP contribution in [0.1, 0.15) is 11.7 Å². The molecule has 96 valence electrons. The summed E-state index contributed by atoms with van der Waals surface area (Å²) in [5.41, 5.74) is 0.910. The molecule has 0 spiro atoms. The van der Waals surface area contributed by atoms with Crippen molar-refractivity contribution >= 4 is 49.1 Å². The Labute approximate surface area is 124 Å². The maximum atomic E-state index is 10.2. The van der Waals surface area contributed by atoms with Crippen LogP contribution in [0, 0.1) is 0 Å². The lowest BCUT2D eigenvalue weighted by molar-refractivity contribution is 0.207. The van der Waals surface area contributed by atoms with Gasteiger partial charge in [-0.1, -0.05) is 57.9 Å². The summed E-state index contributed by atoms with van der Waals surface area (Å²) in [5.74, 6) is 0. The van der Waals surface area contributed by atoms with Gasteiger partial charge in [-0.3, -0.25) is 0 Å². The van der Waals surface area contributed by atoms with Crippen molar-refractivity contribution in [3.05, 3.63) is 59.1 Å². The highest BCUT2D eigenvalue weighted by Crippen LogP contribution is 2.34. The van der Waals surface area contributed by atoms with Gasteiger partial charge < -0.3 is 5.11 Å². The molecule has 1 nitrogen and oxygen atoms in total. The van der Waals surface area contributed by atoms with Gasteiger partial charge in [-0.25, -0.2) is 0 Å². The maximum absolute atomic E-state index is 10.2. The zero-order valence-electron chi connectivity index (χ0n) is 10.1. The van der Waals surface area contributed by atoms with Crippen molar-refractivity contribution in [2.75, 3.05) is 5.33 Å². The molecule has 0 radical (unpaired) electrons. The Morgan fingerprint density at radius 2 is 1.79 bits per heavy atom. The van der Waals surface area contributed by atoms with Crippen LogP contribution in [0.25, 0.3) is 21.5 Å². The molecule has 0 fully saturated rings. The van der Waals surface area contributed by atoms with E-state index < -0.39 is 6.10 Å². The van der Waals surface area contributed by atoms with Crippen LogP contribution in [0.4, 0.5) is 0 Å². The number of aliphatic hydroxyl groups excluding tert-OH is 1. The van der Waals surface area contributed by atoms with Crippen molar-refractivity contribution in [2.45, 2.75) is 6.10 Å². The van der Waals surface area contributed by atoms with Crippen LogP contribution in [0.5, 0.6) is 0 Å². The Hall–Kier alpha value is -1.09. The minimum atomic E-state index is -0.537. The largest absolute Gasteiger partial charge is 0.388 e. The number of hydrogen-bond donors (Lipinski definition) is 1. The minimum Gasteiger partial charge on any atom is -0.388 e. The summed E-state index contributed by atoms with van der Waals surface area (Å²) < 4.78 is 0. The standard InChI is InChI=1S/C16H12BrClO/c17-9-16(19)15-7-10-3-1-2-4-12(10)13-6-5-11(18)8-14(13)15/h1-8,16,19H,9H2/t16-/m1/s1. The molecule has 0 aromatic heterocycles. The van der Waals surface area contributed by atoms with E-state index in [9.17, 15) is 5.11 Å². The van der Waals surface area contributed by atoms with Gasteiger partial charge in [-0.05, 0) is 45.3 Å². The van der Waals surface area contributed by atoms with Crippen molar-refractivity contribution in [3.63, 3.8) is 0 Å². The molecule has 1 N–H and O–H groups in total. The molecular formula is C16H12BrClO. The van der Waals surface area contributed by atoms with E-state index in [2.05, 4.69) is 28.1 Å². The summed E-state index contributed by atoms with van der Waals surface area (Å²) in [5, 5.41) is 15.8. The molecule has 0 aliphatic rings. The van der Waals surface area contributed by atoms with Gasteiger partial charge in [-0.15, -0.1) is 0 Å². The van der Waals surface area contributed by atoms with Crippen LogP contribution in [0.15, 0.2) is 48.5 Å². The molecule has 0 bridgehead atoms. The molecule has 3 rings (SSSR count). The molecule has 0 aliphatic carbocycles. The minimum absolute atomic E-state index is 0.507. The molecular weight excluding hydrogens is 324 g/mol. The van der Waals surface area contributed by atoms with Gasteiger partial charge in [0.1, 0.15) is 0 Å². The molecule has 19 heavy (non-hydrogen) atoms. The first-order valence-corrected chi connectivity index (χ1v) is 7.55. The fourth-order valence-electron chi connectivity index (χ4n) is 2.46. The van der Waals surface area contributed by atoms with Crippen molar-refractivity contribution in [1.29, 1.82) is 0 Å². The van der Waals surface area contributed by atoms with Crippen molar-refractivity contribution < 1.29 is 5.11 Å². The molecule has 3 aromatic carbocycles. The number of fused-ring (bicyclic) bond motifs is 3. The highest BCUT2D eigenvalue weighted by atomic mass is 79.9. The molecule has 0 saturated carbocycles. The van der Waals surface area contributed by atoms with E-state index >= 15 is 0 Å². The molecule has 0 heterocycles. The van der Waals surface area contributed by atoms with Gasteiger partial charge in [-0.2, -0.15) is 0 Å². The highest BCUT2D eigenvalue weighted by molar-refractivity contribution is 9.09. The van der Waals surface area contributed by atoms with Gasteiger partial charge in [0.25, 0.3) is 0 Å². The number of hydrogen-bond acceptors (Lipinski definition) is 1. The van der Waals surface area contributed by atoms with Gasteiger partial charge in [0, 0.05) is 10.4 Å². The van der Waals surface area contributed by atoms with Crippen molar-refractivity contribution in [1.82, 2.24) is 0 Å². The van der Waals surface area contributed by atoms with Crippen molar-refractivity contribution in [2.24, 2.45) is 0 Å². The van der Waals surface area contributed by atoms with Gasteiger partial charge >= 0.3 is 0 Å². The predicted octanol–water partition coefficient (Wildman–Crippen LogP) is 5.07. The highest BCUT2D eigenvalue weighted by Gasteiger charge is 2.13. The molecule has 0 saturated heterocycles. The molecule has 1 atom stereocenters. The SMILES string of the molecule is O[C@H](CBr)c1cc2ccccc2c2ccc(Cl)cc12. The predicted molar refractivity (Wildman–Crippen MR) is 85.2 cm³/mol. The number of benzene rings is 3. The normalized spacial score (nSPS) is 13.0. The lowest BCUT2D eigenvalue weighted by Crippen LogP contribution is -1.99. The van der Waals surface area contributed by atoms with Gasteiger partial charge in [0.15, 0.2) is 0 Å². The number of alkyl halides is 1. The Balaban J connectivity index is 2.47. The second-order valence-corrected chi connectivity index (χ2v) is 5.63. The third-order valence-corrected chi connectivity index (χ3v) is 4.21. The Morgan fingerprint density at radius 3 is 2.58 bits per heavy atom. The zero-order valence-corrected chi connectivity index (χ0v) is 12.4. The van der Waals surface area contributed by atoms with Crippen LogP contribution < -0.4 is 0 Å². The number of aliphatic hydroxyl groups is 1. The zero-order chi connectivity index (χ0) is 13.4. The lowest BCUT2D eigenvalue weighted by Gasteiger charge is -2.14. The van der Waals surface area contributed by atoms with Crippen LogP contribution in [-0.2, 0) is 0 Å². The number of rotatable bonds is 2. The Kier molecular flexibility index (Phi) is 3.48. The van der Waals surface area contributed by atoms with Gasteiger partial charge in [0.2, 0.25) is 0 Å². The molecule has 0 unspecified atom stereocenters. The van der Waals surface area contributed by atoms with Crippen LogP contribution in [0.2, 0.25) is 5.02 Å². The van der Waals surface area contributed by atoms with Crippen LogP contribution in [-0.4, -0.2) is 10.4 Å². The lowest BCUT2D eigenvalue weighted by atomic mass is 9.95. The Bertz CT molecular complexity index is 754. The molecule has 0 amide bonds. The van der Waals surface area contributed by atoms with E-state index in [-0.39, 0.29) is 0 Å². The van der Waals surface area contributed by atoms with E-state index in [1.165, 1.54) is 5.39 Å². The summed E-state index contributed by atoms with van der Waals surface area (Å²) in [6.45, 7) is 0.